The van der Waals surface area contributed by atoms with E-state index in [0.29, 0.717) is 18.9 Å². The molecular formula is C17H25NO2. The molecule has 20 heavy (non-hydrogen) atoms. The van der Waals surface area contributed by atoms with Gasteiger partial charge in [0.05, 0.1) is 6.42 Å². The van der Waals surface area contributed by atoms with E-state index in [4.69, 9.17) is 5.11 Å². The van der Waals surface area contributed by atoms with Crippen molar-refractivity contribution in [3.63, 3.8) is 0 Å². The second-order valence-corrected chi connectivity index (χ2v) is 5.91. The maximum absolute atomic E-state index is 11.9. The van der Waals surface area contributed by atoms with Crippen LogP contribution < -0.4 is 5.32 Å². The Morgan fingerprint density at radius 1 is 1.30 bits per heavy atom. The summed E-state index contributed by atoms with van der Waals surface area (Å²) >= 11 is 0. The number of rotatable bonds is 6. The first kappa shape index (κ1) is 15.0. The van der Waals surface area contributed by atoms with Crippen molar-refractivity contribution >= 4 is 5.91 Å². The first-order chi connectivity index (χ1) is 9.69. The van der Waals surface area contributed by atoms with Gasteiger partial charge in [0.15, 0.2) is 0 Å². The molecule has 3 nitrogen and oxygen atoms in total. The molecule has 0 aromatic heterocycles. The lowest BCUT2D eigenvalue weighted by Crippen LogP contribution is -2.30. The largest absolute Gasteiger partial charge is 0.396 e. The van der Waals surface area contributed by atoms with Gasteiger partial charge in [0.2, 0.25) is 5.91 Å². The molecule has 1 aromatic rings. The Balaban J connectivity index is 1.85. The lowest BCUT2D eigenvalue weighted by Gasteiger charge is -2.16. The van der Waals surface area contributed by atoms with Crippen molar-refractivity contribution < 1.29 is 9.90 Å². The molecule has 3 heteroatoms. The van der Waals surface area contributed by atoms with Gasteiger partial charge in [-0.3, -0.25) is 4.79 Å². The summed E-state index contributed by atoms with van der Waals surface area (Å²) in [5, 5.41) is 11.8. The van der Waals surface area contributed by atoms with E-state index in [1.165, 1.54) is 30.4 Å². The van der Waals surface area contributed by atoms with E-state index < -0.39 is 0 Å². The van der Waals surface area contributed by atoms with E-state index in [9.17, 15) is 4.79 Å². The van der Waals surface area contributed by atoms with Gasteiger partial charge >= 0.3 is 0 Å². The number of fused-ring (bicyclic) bond motifs is 1. The number of aliphatic hydroxyl groups excluding tert-OH is 1. The molecule has 0 bridgehead atoms. The van der Waals surface area contributed by atoms with Crippen molar-refractivity contribution in [3.05, 3.63) is 34.9 Å². The zero-order valence-corrected chi connectivity index (χ0v) is 12.3. The average molecular weight is 275 g/mol. The van der Waals surface area contributed by atoms with Crippen molar-refractivity contribution in [2.45, 2.75) is 45.4 Å². The van der Waals surface area contributed by atoms with Crippen molar-refractivity contribution in [3.8, 4) is 0 Å². The summed E-state index contributed by atoms with van der Waals surface area (Å²) in [5.74, 6) is 0.401. The molecule has 1 unspecified atom stereocenters. The maximum atomic E-state index is 11.9. The second-order valence-electron chi connectivity index (χ2n) is 5.91. The van der Waals surface area contributed by atoms with Crippen LogP contribution in [0.1, 0.15) is 42.9 Å². The number of carbonyl (C=O) groups is 1. The van der Waals surface area contributed by atoms with Gasteiger partial charge in [-0.05, 0) is 54.7 Å². The molecule has 2 rings (SSSR count). The predicted molar refractivity (Wildman–Crippen MR) is 80.7 cm³/mol. The minimum Gasteiger partial charge on any atom is -0.396 e. The molecule has 1 amide bonds. The van der Waals surface area contributed by atoms with E-state index in [2.05, 4.69) is 23.5 Å². The number of aliphatic hydroxyl groups is 1. The molecule has 1 aromatic carbocycles. The molecule has 1 aliphatic rings. The Morgan fingerprint density at radius 2 is 2.05 bits per heavy atom. The number of amides is 1. The van der Waals surface area contributed by atoms with E-state index in [1.54, 1.807) is 0 Å². The number of benzene rings is 1. The van der Waals surface area contributed by atoms with Crippen molar-refractivity contribution in [1.29, 1.82) is 0 Å². The summed E-state index contributed by atoms with van der Waals surface area (Å²) in [5.41, 5.74) is 3.99. The van der Waals surface area contributed by atoms with Gasteiger partial charge in [-0.25, -0.2) is 0 Å². The summed E-state index contributed by atoms with van der Waals surface area (Å²) in [6, 6.07) is 6.47. The highest BCUT2D eigenvalue weighted by Gasteiger charge is 2.11. The lowest BCUT2D eigenvalue weighted by atomic mass is 9.90. The fraction of sp³-hybridized carbons (Fsp3) is 0.588. The van der Waals surface area contributed by atoms with Gasteiger partial charge in [-0.1, -0.05) is 25.1 Å². The third kappa shape index (κ3) is 4.34. The van der Waals surface area contributed by atoms with E-state index in [1.807, 2.05) is 6.92 Å². The van der Waals surface area contributed by atoms with Gasteiger partial charge in [0, 0.05) is 13.2 Å². The zero-order chi connectivity index (χ0) is 14.4. The Labute approximate surface area is 121 Å². The maximum Gasteiger partial charge on any atom is 0.224 e. The van der Waals surface area contributed by atoms with E-state index in [0.717, 1.165) is 18.4 Å². The number of hydrogen-bond donors (Lipinski definition) is 2. The molecular weight excluding hydrogens is 250 g/mol. The van der Waals surface area contributed by atoms with Gasteiger partial charge in [0.1, 0.15) is 0 Å². The van der Waals surface area contributed by atoms with Crippen LogP contribution in [0.4, 0.5) is 0 Å². The van der Waals surface area contributed by atoms with Gasteiger partial charge < -0.3 is 10.4 Å². The van der Waals surface area contributed by atoms with Crippen LogP contribution in [-0.2, 0) is 24.1 Å². The summed E-state index contributed by atoms with van der Waals surface area (Å²) in [7, 11) is 0. The highest BCUT2D eigenvalue weighted by molar-refractivity contribution is 5.78. The van der Waals surface area contributed by atoms with Gasteiger partial charge in [-0.15, -0.1) is 0 Å². The number of nitrogens with one attached hydrogen (secondary N) is 1. The Bertz CT molecular complexity index is 456. The summed E-state index contributed by atoms with van der Waals surface area (Å²) in [6.45, 7) is 2.86. The quantitative estimate of drug-likeness (QED) is 0.836. The van der Waals surface area contributed by atoms with Crippen LogP contribution in [0.15, 0.2) is 18.2 Å². The standard InChI is InChI=1S/C17H25NO2/c1-13(8-9-19)12-18-17(20)11-14-6-7-15-4-2-3-5-16(15)10-14/h6-7,10,13,19H,2-5,8-9,11-12H2,1H3,(H,18,20). The predicted octanol–water partition coefficient (Wildman–Crippen LogP) is 2.24. The Morgan fingerprint density at radius 3 is 2.80 bits per heavy atom. The molecule has 0 saturated carbocycles. The van der Waals surface area contributed by atoms with Crippen LogP contribution in [0.25, 0.3) is 0 Å². The molecule has 0 aliphatic heterocycles. The summed E-state index contributed by atoms with van der Waals surface area (Å²) < 4.78 is 0. The minimum absolute atomic E-state index is 0.0746. The smallest absolute Gasteiger partial charge is 0.224 e. The molecule has 0 saturated heterocycles. The molecule has 2 N–H and O–H groups in total. The van der Waals surface area contributed by atoms with Crippen molar-refractivity contribution in [2.75, 3.05) is 13.2 Å². The van der Waals surface area contributed by atoms with Crippen molar-refractivity contribution in [2.24, 2.45) is 5.92 Å². The first-order valence-corrected chi connectivity index (χ1v) is 7.67. The summed E-state index contributed by atoms with van der Waals surface area (Å²) in [6.07, 6.45) is 6.08. The molecule has 110 valence electrons. The van der Waals surface area contributed by atoms with Crippen LogP contribution in [-0.4, -0.2) is 24.2 Å². The SMILES string of the molecule is CC(CCO)CNC(=O)Cc1ccc2c(c1)CCCC2. The lowest BCUT2D eigenvalue weighted by molar-refractivity contribution is -0.120. The number of carbonyl (C=O) groups excluding carboxylic acids is 1. The van der Waals surface area contributed by atoms with E-state index >= 15 is 0 Å². The highest BCUT2D eigenvalue weighted by Crippen LogP contribution is 2.22. The minimum atomic E-state index is 0.0746. The molecule has 1 aliphatic carbocycles. The van der Waals surface area contributed by atoms with Crippen LogP contribution in [0.5, 0.6) is 0 Å². The molecule has 0 radical (unpaired) electrons. The third-order valence-corrected chi connectivity index (χ3v) is 4.05. The fourth-order valence-corrected chi connectivity index (χ4v) is 2.76. The normalized spacial score (nSPS) is 15.5. The third-order valence-electron chi connectivity index (χ3n) is 4.05. The van der Waals surface area contributed by atoms with Crippen LogP contribution >= 0.6 is 0 Å². The second kappa shape index (κ2) is 7.44. The van der Waals surface area contributed by atoms with Gasteiger partial charge in [0.25, 0.3) is 0 Å². The Hall–Kier alpha value is -1.35. The monoisotopic (exact) mass is 275 g/mol. The van der Waals surface area contributed by atoms with E-state index in [-0.39, 0.29) is 12.5 Å². The number of aryl methyl sites for hydroxylation is 2. The Kier molecular flexibility index (Phi) is 5.60. The first-order valence-electron chi connectivity index (χ1n) is 7.67. The molecule has 0 heterocycles. The van der Waals surface area contributed by atoms with Crippen molar-refractivity contribution in [1.82, 2.24) is 5.32 Å². The molecule has 0 spiro atoms. The van der Waals surface area contributed by atoms with Crippen LogP contribution in [0, 0.1) is 5.92 Å². The zero-order valence-electron chi connectivity index (χ0n) is 12.3. The average Bonchev–Trinajstić information content (AvgIpc) is 2.45. The fourth-order valence-electron chi connectivity index (χ4n) is 2.76. The molecule has 0 fully saturated rings. The molecule has 1 atom stereocenters. The summed E-state index contributed by atoms with van der Waals surface area (Å²) in [4.78, 5) is 11.9. The van der Waals surface area contributed by atoms with Gasteiger partial charge in [-0.2, -0.15) is 0 Å². The highest BCUT2D eigenvalue weighted by atomic mass is 16.3. The number of hydrogen-bond acceptors (Lipinski definition) is 2. The topological polar surface area (TPSA) is 49.3 Å². The van der Waals surface area contributed by atoms with Crippen LogP contribution in [0.3, 0.4) is 0 Å². The van der Waals surface area contributed by atoms with Crippen LogP contribution in [0.2, 0.25) is 0 Å².